The zero-order valence-electron chi connectivity index (χ0n) is 13.4. The number of benzene rings is 1. The van der Waals surface area contributed by atoms with Crippen LogP contribution in [-0.2, 0) is 4.79 Å². The third-order valence-electron chi connectivity index (χ3n) is 3.93. The number of aliphatic carboxylic acids is 1. The molecule has 0 radical (unpaired) electrons. The molecule has 24 heavy (non-hydrogen) atoms. The second kappa shape index (κ2) is 6.56. The summed E-state index contributed by atoms with van der Waals surface area (Å²) < 4.78 is 0. The molecule has 0 aliphatic carbocycles. The van der Waals surface area contributed by atoms with E-state index >= 15 is 0 Å². The van der Waals surface area contributed by atoms with Gasteiger partial charge in [-0.3, -0.25) is 10.1 Å². The maximum absolute atomic E-state index is 12.2. The van der Waals surface area contributed by atoms with Gasteiger partial charge in [-0.1, -0.05) is 28.5 Å². The maximum Gasteiger partial charge on any atom is 0.323 e. The van der Waals surface area contributed by atoms with Gasteiger partial charge in [0, 0.05) is 18.7 Å². The molecule has 1 aromatic heterocycles. The van der Waals surface area contributed by atoms with Gasteiger partial charge >= 0.3 is 12.0 Å². The molecule has 2 aromatic rings. The Morgan fingerprint density at radius 1 is 1.25 bits per heavy atom. The summed E-state index contributed by atoms with van der Waals surface area (Å²) in [5.41, 5.74) is 3.25. The van der Waals surface area contributed by atoms with Crippen LogP contribution in [0.5, 0.6) is 0 Å². The van der Waals surface area contributed by atoms with Crippen molar-refractivity contribution in [2.75, 3.05) is 18.4 Å². The Morgan fingerprint density at radius 2 is 1.96 bits per heavy atom. The fourth-order valence-electron chi connectivity index (χ4n) is 2.81. The number of hydrogen-bond acceptors (Lipinski definition) is 5. The Morgan fingerprint density at radius 3 is 2.58 bits per heavy atom. The highest BCUT2D eigenvalue weighted by molar-refractivity contribution is 7.18. The predicted octanol–water partition coefficient (Wildman–Crippen LogP) is 2.76. The summed E-state index contributed by atoms with van der Waals surface area (Å²) in [6.45, 7) is 4.70. The van der Waals surface area contributed by atoms with Gasteiger partial charge < -0.3 is 10.0 Å². The monoisotopic (exact) mass is 346 g/mol. The Hall–Kier alpha value is -2.48. The minimum absolute atomic E-state index is 0.226. The van der Waals surface area contributed by atoms with Crippen molar-refractivity contribution in [1.29, 1.82) is 0 Å². The number of aryl methyl sites for hydroxylation is 2. The number of carbonyl (C=O) groups is 2. The zero-order valence-corrected chi connectivity index (χ0v) is 14.3. The molecule has 8 heteroatoms. The molecule has 1 aliphatic rings. The Bertz CT molecular complexity index is 769. The van der Waals surface area contributed by atoms with Gasteiger partial charge in [0.15, 0.2) is 0 Å². The number of urea groups is 1. The number of carboxylic acids is 1. The molecular formula is C16H18N4O3S. The first-order valence-corrected chi connectivity index (χ1v) is 8.45. The minimum Gasteiger partial charge on any atom is -0.481 e. The van der Waals surface area contributed by atoms with Crippen LogP contribution in [0.15, 0.2) is 18.2 Å². The molecule has 2 amide bonds. The van der Waals surface area contributed by atoms with Crippen molar-refractivity contribution in [3.63, 3.8) is 0 Å². The number of amides is 2. The van der Waals surface area contributed by atoms with E-state index in [1.165, 1.54) is 16.2 Å². The fraction of sp³-hybridized carbons (Fsp3) is 0.375. The molecule has 0 spiro atoms. The lowest BCUT2D eigenvalue weighted by atomic mass is 10.1. The molecule has 1 aliphatic heterocycles. The van der Waals surface area contributed by atoms with E-state index in [2.05, 4.69) is 21.6 Å². The lowest BCUT2D eigenvalue weighted by Gasteiger charge is -2.14. The van der Waals surface area contributed by atoms with E-state index in [1.807, 2.05) is 26.0 Å². The van der Waals surface area contributed by atoms with Crippen molar-refractivity contribution in [2.24, 2.45) is 5.92 Å². The summed E-state index contributed by atoms with van der Waals surface area (Å²) in [4.78, 5) is 24.7. The van der Waals surface area contributed by atoms with E-state index in [4.69, 9.17) is 5.11 Å². The van der Waals surface area contributed by atoms with Crippen molar-refractivity contribution in [2.45, 2.75) is 20.3 Å². The smallest absolute Gasteiger partial charge is 0.323 e. The van der Waals surface area contributed by atoms with Crippen molar-refractivity contribution in [3.05, 3.63) is 29.3 Å². The molecule has 2 N–H and O–H groups in total. The van der Waals surface area contributed by atoms with Gasteiger partial charge in [-0.25, -0.2) is 4.79 Å². The van der Waals surface area contributed by atoms with Crippen molar-refractivity contribution in [1.82, 2.24) is 15.1 Å². The number of nitrogens with zero attached hydrogens (tertiary/aromatic N) is 3. The number of rotatable bonds is 3. The Balaban J connectivity index is 1.68. The molecule has 7 nitrogen and oxygen atoms in total. The quantitative estimate of drug-likeness (QED) is 0.891. The van der Waals surface area contributed by atoms with E-state index in [-0.39, 0.29) is 12.6 Å². The summed E-state index contributed by atoms with van der Waals surface area (Å²) in [7, 11) is 0. The SMILES string of the molecule is Cc1cc(C)cc(-c2nnc(NC(=O)N3CC[C@H](C(=O)O)C3)s2)c1. The van der Waals surface area contributed by atoms with Gasteiger partial charge in [-0.15, -0.1) is 10.2 Å². The van der Waals surface area contributed by atoms with Crippen LogP contribution in [0.3, 0.4) is 0 Å². The summed E-state index contributed by atoms with van der Waals surface area (Å²) in [5, 5.41) is 21.0. The number of carbonyl (C=O) groups excluding carboxylic acids is 1. The van der Waals surface area contributed by atoms with Gasteiger partial charge in [-0.2, -0.15) is 0 Å². The molecule has 1 atom stereocenters. The van der Waals surface area contributed by atoms with Crippen molar-refractivity contribution in [3.8, 4) is 10.6 Å². The highest BCUT2D eigenvalue weighted by atomic mass is 32.1. The first kappa shape index (κ1) is 16.4. The second-order valence-corrected chi connectivity index (χ2v) is 6.97. The molecule has 1 saturated heterocycles. The summed E-state index contributed by atoms with van der Waals surface area (Å²) in [5.74, 6) is -1.35. The molecule has 0 unspecified atom stereocenters. The highest BCUT2D eigenvalue weighted by Crippen LogP contribution is 2.28. The number of likely N-dealkylation sites (tertiary alicyclic amines) is 1. The van der Waals surface area contributed by atoms with Crippen LogP contribution in [0.4, 0.5) is 9.93 Å². The van der Waals surface area contributed by atoms with Crippen LogP contribution in [0.1, 0.15) is 17.5 Å². The first-order valence-electron chi connectivity index (χ1n) is 7.63. The van der Waals surface area contributed by atoms with Crippen LogP contribution in [0.2, 0.25) is 0 Å². The fourth-order valence-corrected chi connectivity index (χ4v) is 3.53. The molecule has 1 fully saturated rings. The van der Waals surface area contributed by atoms with E-state index in [9.17, 15) is 9.59 Å². The third-order valence-corrected chi connectivity index (χ3v) is 4.82. The predicted molar refractivity (Wildman–Crippen MR) is 91.2 cm³/mol. The lowest BCUT2D eigenvalue weighted by Crippen LogP contribution is -2.33. The van der Waals surface area contributed by atoms with E-state index in [1.54, 1.807) is 0 Å². The average Bonchev–Trinajstić information content (AvgIpc) is 3.15. The number of anilines is 1. The van der Waals surface area contributed by atoms with Gasteiger partial charge in [0.1, 0.15) is 5.01 Å². The first-order chi connectivity index (χ1) is 11.4. The summed E-state index contributed by atoms with van der Waals surface area (Å²) in [6.07, 6.45) is 0.479. The van der Waals surface area contributed by atoms with Crippen LogP contribution >= 0.6 is 11.3 Å². The number of hydrogen-bond donors (Lipinski definition) is 2. The molecular weight excluding hydrogens is 328 g/mol. The zero-order chi connectivity index (χ0) is 17.3. The minimum atomic E-state index is -0.863. The largest absolute Gasteiger partial charge is 0.481 e. The normalized spacial score (nSPS) is 17.1. The van der Waals surface area contributed by atoms with E-state index in [0.717, 1.165) is 21.7 Å². The van der Waals surface area contributed by atoms with Gasteiger partial charge in [-0.05, 0) is 32.4 Å². The number of nitrogens with one attached hydrogen (secondary N) is 1. The third kappa shape index (κ3) is 3.53. The lowest BCUT2D eigenvalue weighted by molar-refractivity contribution is -0.141. The number of aromatic nitrogens is 2. The average molecular weight is 346 g/mol. The molecule has 0 saturated carbocycles. The maximum atomic E-state index is 12.2. The Kier molecular flexibility index (Phi) is 4.48. The second-order valence-electron chi connectivity index (χ2n) is 5.99. The topological polar surface area (TPSA) is 95.4 Å². The van der Waals surface area contributed by atoms with Crippen LogP contribution in [0.25, 0.3) is 10.6 Å². The van der Waals surface area contributed by atoms with E-state index in [0.29, 0.717) is 18.1 Å². The standard InChI is InChI=1S/C16H18N4O3S/c1-9-5-10(2)7-12(6-9)13-18-19-15(24-13)17-16(23)20-4-3-11(8-20)14(21)22/h5-7,11H,3-4,8H2,1-2H3,(H,21,22)(H,17,19,23)/t11-/m0/s1. The Labute approximate surface area is 143 Å². The van der Waals surface area contributed by atoms with Gasteiger partial charge in [0.05, 0.1) is 5.92 Å². The van der Waals surface area contributed by atoms with Crippen LogP contribution < -0.4 is 5.32 Å². The molecule has 3 rings (SSSR count). The molecule has 0 bridgehead atoms. The van der Waals surface area contributed by atoms with E-state index < -0.39 is 11.9 Å². The van der Waals surface area contributed by atoms with Crippen LogP contribution in [-0.4, -0.2) is 45.3 Å². The van der Waals surface area contributed by atoms with Crippen molar-refractivity contribution < 1.29 is 14.7 Å². The number of carboxylic acid groups (broad SMARTS) is 1. The molecule has 2 heterocycles. The summed E-state index contributed by atoms with van der Waals surface area (Å²) in [6, 6.07) is 5.80. The van der Waals surface area contributed by atoms with Crippen molar-refractivity contribution >= 4 is 28.5 Å². The van der Waals surface area contributed by atoms with Crippen LogP contribution in [0, 0.1) is 19.8 Å². The van der Waals surface area contributed by atoms with Gasteiger partial charge in [0.2, 0.25) is 5.13 Å². The van der Waals surface area contributed by atoms with Gasteiger partial charge in [0.25, 0.3) is 0 Å². The summed E-state index contributed by atoms with van der Waals surface area (Å²) >= 11 is 1.30. The highest BCUT2D eigenvalue weighted by Gasteiger charge is 2.31. The molecule has 126 valence electrons. The molecule has 1 aromatic carbocycles.